The Hall–Kier alpha value is -3.56. The highest BCUT2D eigenvalue weighted by atomic mass is 16.1. The molecule has 0 saturated carbocycles. The van der Waals surface area contributed by atoms with Crippen molar-refractivity contribution >= 4 is 22.7 Å². The number of nitrogens with zero attached hydrogens (tertiary/aromatic N) is 5. The first-order valence-corrected chi connectivity index (χ1v) is 11.6. The molecule has 0 spiro atoms. The van der Waals surface area contributed by atoms with Crippen LogP contribution >= 0.6 is 0 Å². The molecule has 4 aromatic rings. The third-order valence-corrected chi connectivity index (χ3v) is 6.58. The number of benzene rings is 1. The molecule has 1 aliphatic heterocycles. The minimum Gasteiger partial charge on any atom is -0.324 e. The Bertz CT molecular complexity index is 1420. The molecule has 0 saturated heterocycles. The second-order valence-corrected chi connectivity index (χ2v) is 9.07. The molecule has 9 heteroatoms. The van der Waals surface area contributed by atoms with Crippen LogP contribution in [0.25, 0.3) is 16.7 Å². The molecule has 0 unspecified atom stereocenters. The summed E-state index contributed by atoms with van der Waals surface area (Å²) in [7, 11) is 1.91. The molecule has 3 aromatic heterocycles. The zero-order valence-corrected chi connectivity index (χ0v) is 20.0. The maximum atomic E-state index is 13.1. The monoisotopic (exact) mass is 458 g/mol. The van der Waals surface area contributed by atoms with Gasteiger partial charge in [-0.2, -0.15) is 4.98 Å². The summed E-state index contributed by atoms with van der Waals surface area (Å²) in [5.41, 5.74) is 5.40. The van der Waals surface area contributed by atoms with E-state index in [0.29, 0.717) is 23.5 Å². The van der Waals surface area contributed by atoms with Gasteiger partial charge < -0.3 is 16.0 Å². The first-order valence-electron chi connectivity index (χ1n) is 11.6. The molecule has 0 atom stereocenters. The van der Waals surface area contributed by atoms with Crippen LogP contribution < -0.4 is 21.5 Å². The van der Waals surface area contributed by atoms with Gasteiger partial charge in [-0.15, -0.1) is 0 Å². The standard InChI is InChI=1S/C25H30N8O/c1-5-32-23(34)20-15-29-24(30-18-7-6-16-8-10-27-14-17(16)12-18)31-22(20)33(32)19-9-11-28-21(13-19)25(2,3)26-4/h6-7,9,11-13,15,26-27H,5,8,10,14H2,1-4H3,(H,29,30,31). The molecule has 0 aliphatic carbocycles. The molecule has 4 heterocycles. The lowest BCUT2D eigenvalue weighted by Gasteiger charge is -2.24. The van der Waals surface area contributed by atoms with Gasteiger partial charge in [-0.25, -0.2) is 14.3 Å². The predicted molar refractivity (Wildman–Crippen MR) is 134 cm³/mol. The normalized spacial score (nSPS) is 13.8. The van der Waals surface area contributed by atoms with Crippen LogP contribution in [0.3, 0.4) is 0 Å². The molecule has 0 radical (unpaired) electrons. The Balaban J connectivity index is 1.60. The van der Waals surface area contributed by atoms with E-state index in [9.17, 15) is 4.79 Å². The highest BCUT2D eigenvalue weighted by Crippen LogP contribution is 2.24. The second-order valence-electron chi connectivity index (χ2n) is 9.07. The van der Waals surface area contributed by atoms with Crippen LogP contribution in [0, 0.1) is 0 Å². The molecule has 34 heavy (non-hydrogen) atoms. The van der Waals surface area contributed by atoms with Gasteiger partial charge >= 0.3 is 0 Å². The van der Waals surface area contributed by atoms with Crippen molar-refractivity contribution in [3.05, 3.63) is 69.9 Å². The Morgan fingerprint density at radius 3 is 2.79 bits per heavy atom. The Labute approximate surface area is 198 Å². The van der Waals surface area contributed by atoms with Crippen molar-refractivity contribution in [3.8, 4) is 5.69 Å². The van der Waals surface area contributed by atoms with Gasteiger partial charge in [-0.3, -0.25) is 9.78 Å². The first kappa shape index (κ1) is 22.2. The van der Waals surface area contributed by atoms with Crippen molar-refractivity contribution < 1.29 is 0 Å². The number of nitrogens with one attached hydrogen (secondary N) is 3. The zero-order valence-electron chi connectivity index (χ0n) is 20.0. The zero-order chi connectivity index (χ0) is 23.9. The number of hydrogen-bond acceptors (Lipinski definition) is 7. The fourth-order valence-corrected chi connectivity index (χ4v) is 4.34. The minimum absolute atomic E-state index is 0.116. The summed E-state index contributed by atoms with van der Waals surface area (Å²) >= 11 is 0. The van der Waals surface area contributed by atoms with E-state index in [-0.39, 0.29) is 11.1 Å². The Kier molecular flexibility index (Phi) is 5.66. The molecular weight excluding hydrogens is 428 g/mol. The third kappa shape index (κ3) is 3.86. The van der Waals surface area contributed by atoms with Crippen molar-refractivity contribution in [3.63, 3.8) is 0 Å². The molecular formula is C25H30N8O. The largest absolute Gasteiger partial charge is 0.324 e. The fourth-order valence-electron chi connectivity index (χ4n) is 4.34. The summed E-state index contributed by atoms with van der Waals surface area (Å²) in [5, 5.41) is 10.5. The van der Waals surface area contributed by atoms with Crippen LogP contribution in [-0.2, 0) is 25.0 Å². The lowest BCUT2D eigenvalue weighted by atomic mass is 10.00. The van der Waals surface area contributed by atoms with Crippen molar-refractivity contribution in [1.29, 1.82) is 0 Å². The van der Waals surface area contributed by atoms with Gasteiger partial charge in [0.1, 0.15) is 5.39 Å². The predicted octanol–water partition coefficient (Wildman–Crippen LogP) is 2.84. The molecule has 1 aromatic carbocycles. The lowest BCUT2D eigenvalue weighted by molar-refractivity contribution is 0.430. The van der Waals surface area contributed by atoms with Gasteiger partial charge in [0, 0.05) is 31.2 Å². The van der Waals surface area contributed by atoms with E-state index in [4.69, 9.17) is 4.98 Å². The minimum atomic E-state index is -0.320. The number of fused-ring (bicyclic) bond motifs is 2. The van der Waals surface area contributed by atoms with Crippen molar-refractivity contribution in [2.75, 3.05) is 18.9 Å². The number of pyridine rings is 1. The van der Waals surface area contributed by atoms with Crippen LogP contribution in [0.1, 0.15) is 37.6 Å². The Morgan fingerprint density at radius 2 is 2.00 bits per heavy atom. The molecule has 176 valence electrons. The average molecular weight is 459 g/mol. The summed E-state index contributed by atoms with van der Waals surface area (Å²) in [6, 6.07) is 10.2. The van der Waals surface area contributed by atoms with E-state index >= 15 is 0 Å². The van der Waals surface area contributed by atoms with Gasteiger partial charge in [0.15, 0.2) is 5.65 Å². The maximum Gasteiger partial charge on any atom is 0.278 e. The number of anilines is 2. The van der Waals surface area contributed by atoms with E-state index in [1.807, 2.05) is 30.8 Å². The SMILES string of the molecule is CCn1c(=O)c2cnc(Nc3ccc4c(c3)CNCC4)nc2n1-c1ccnc(C(C)(C)NC)c1. The maximum absolute atomic E-state index is 13.1. The summed E-state index contributed by atoms with van der Waals surface area (Å²) in [6.07, 6.45) is 4.41. The van der Waals surface area contributed by atoms with E-state index < -0.39 is 0 Å². The molecule has 0 amide bonds. The lowest BCUT2D eigenvalue weighted by Crippen LogP contribution is -2.34. The van der Waals surface area contributed by atoms with Gasteiger partial charge in [0.25, 0.3) is 5.56 Å². The summed E-state index contributed by atoms with van der Waals surface area (Å²) in [5.74, 6) is 0.447. The summed E-state index contributed by atoms with van der Waals surface area (Å²) in [6.45, 7) is 8.45. The van der Waals surface area contributed by atoms with Gasteiger partial charge in [0.2, 0.25) is 5.95 Å². The van der Waals surface area contributed by atoms with Gasteiger partial charge in [-0.1, -0.05) is 6.07 Å². The first-order chi connectivity index (χ1) is 16.4. The Morgan fingerprint density at radius 1 is 1.15 bits per heavy atom. The van der Waals surface area contributed by atoms with E-state index in [1.165, 1.54) is 11.1 Å². The quantitative estimate of drug-likeness (QED) is 0.408. The second kappa shape index (κ2) is 8.66. The fraction of sp³-hybridized carbons (Fsp3) is 0.360. The molecule has 1 aliphatic rings. The third-order valence-electron chi connectivity index (χ3n) is 6.58. The van der Waals surface area contributed by atoms with Crippen LogP contribution in [0.5, 0.6) is 0 Å². The van der Waals surface area contributed by atoms with E-state index in [2.05, 4.69) is 58.0 Å². The average Bonchev–Trinajstić information content (AvgIpc) is 3.14. The van der Waals surface area contributed by atoms with E-state index in [0.717, 1.165) is 36.6 Å². The van der Waals surface area contributed by atoms with Gasteiger partial charge in [0.05, 0.1) is 16.9 Å². The van der Waals surface area contributed by atoms with Crippen LogP contribution in [-0.4, -0.2) is 37.9 Å². The van der Waals surface area contributed by atoms with Crippen LogP contribution in [0.15, 0.2) is 47.5 Å². The summed E-state index contributed by atoms with van der Waals surface area (Å²) in [4.78, 5) is 26.9. The highest BCUT2D eigenvalue weighted by Gasteiger charge is 2.22. The number of rotatable bonds is 6. The van der Waals surface area contributed by atoms with Crippen LogP contribution in [0.4, 0.5) is 11.6 Å². The highest BCUT2D eigenvalue weighted by molar-refractivity contribution is 5.77. The number of aromatic nitrogens is 5. The summed E-state index contributed by atoms with van der Waals surface area (Å²) < 4.78 is 3.54. The molecule has 9 nitrogen and oxygen atoms in total. The molecule has 0 fully saturated rings. The smallest absolute Gasteiger partial charge is 0.278 e. The topological polar surface area (TPSA) is 102 Å². The molecule has 3 N–H and O–H groups in total. The van der Waals surface area contributed by atoms with Crippen molar-refractivity contribution in [1.82, 2.24) is 34.9 Å². The van der Waals surface area contributed by atoms with E-state index in [1.54, 1.807) is 17.1 Å². The van der Waals surface area contributed by atoms with Crippen molar-refractivity contribution in [2.24, 2.45) is 0 Å². The molecule has 5 rings (SSSR count). The van der Waals surface area contributed by atoms with Crippen LogP contribution in [0.2, 0.25) is 0 Å². The van der Waals surface area contributed by atoms with Crippen molar-refractivity contribution in [2.45, 2.75) is 45.8 Å². The molecule has 0 bridgehead atoms. The van der Waals surface area contributed by atoms with Gasteiger partial charge in [-0.05, 0) is 76.2 Å². The number of hydrogen-bond donors (Lipinski definition) is 3.